The van der Waals surface area contributed by atoms with Crippen LogP contribution in [0.5, 0.6) is 0 Å². The summed E-state index contributed by atoms with van der Waals surface area (Å²) in [5.41, 5.74) is 1.41. The zero-order valence-electron chi connectivity index (χ0n) is 10.6. The third-order valence-electron chi connectivity index (χ3n) is 3.93. The molecule has 0 radical (unpaired) electrons. The lowest BCUT2D eigenvalue weighted by Gasteiger charge is -2.28. The van der Waals surface area contributed by atoms with Crippen molar-refractivity contribution in [2.75, 3.05) is 0 Å². The molecule has 1 saturated carbocycles. The van der Waals surface area contributed by atoms with E-state index in [-0.39, 0.29) is 0 Å². The molecule has 2 heteroatoms. The van der Waals surface area contributed by atoms with Crippen molar-refractivity contribution < 1.29 is 0 Å². The molecule has 2 rings (SSSR count). The van der Waals surface area contributed by atoms with Crippen molar-refractivity contribution in [3.05, 3.63) is 33.4 Å². The molecule has 1 fully saturated rings. The van der Waals surface area contributed by atoms with E-state index < -0.39 is 0 Å². The topological polar surface area (TPSA) is 12.0 Å². The molecule has 0 aliphatic heterocycles. The fourth-order valence-electron chi connectivity index (χ4n) is 2.64. The number of nitrogens with one attached hydrogen (secondary N) is 1. The van der Waals surface area contributed by atoms with Crippen LogP contribution in [0, 0.1) is 9.49 Å². The highest BCUT2D eigenvalue weighted by molar-refractivity contribution is 14.1. The Balaban J connectivity index is 1.74. The second-order valence-corrected chi connectivity index (χ2v) is 6.38. The van der Waals surface area contributed by atoms with E-state index in [0.717, 1.165) is 18.5 Å². The molecule has 0 saturated heterocycles. The van der Waals surface area contributed by atoms with Gasteiger partial charge >= 0.3 is 0 Å². The van der Waals surface area contributed by atoms with Crippen molar-refractivity contribution in [3.8, 4) is 0 Å². The van der Waals surface area contributed by atoms with Crippen LogP contribution in [0.2, 0.25) is 0 Å². The van der Waals surface area contributed by atoms with Crippen LogP contribution in [-0.4, -0.2) is 6.04 Å². The molecule has 94 valence electrons. The lowest BCUT2D eigenvalue weighted by atomic mass is 9.84. The van der Waals surface area contributed by atoms with E-state index in [4.69, 9.17) is 0 Å². The molecule has 0 atom stereocenters. The van der Waals surface area contributed by atoms with Crippen LogP contribution in [0.4, 0.5) is 0 Å². The fourth-order valence-corrected chi connectivity index (χ4v) is 3.00. The molecule has 0 amide bonds. The summed E-state index contributed by atoms with van der Waals surface area (Å²) in [4.78, 5) is 0. The van der Waals surface area contributed by atoms with Crippen molar-refractivity contribution in [1.82, 2.24) is 5.32 Å². The molecule has 0 spiro atoms. The van der Waals surface area contributed by atoms with Gasteiger partial charge in [0, 0.05) is 16.2 Å². The molecule has 0 heterocycles. The summed E-state index contributed by atoms with van der Waals surface area (Å²) >= 11 is 2.35. The first-order chi connectivity index (χ1) is 8.28. The summed E-state index contributed by atoms with van der Waals surface area (Å²) in [6.07, 6.45) is 6.93. The van der Waals surface area contributed by atoms with Gasteiger partial charge in [-0.25, -0.2) is 0 Å². The van der Waals surface area contributed by atoms with E-state index in [1.54, 1.807) is 0 Å². The average molecular weight is 343 g/mol. The van der Waals surface area contributed by atoms with Gasteiger partial charge in [0.1, 0.15) is 0 Å². The van der Waals surface area contributed by atoms with Gasteiger partial charge in [-0.1, -0.05) is 25.5 Å². The Hall–Kier alpha value is -0.0900. The third-order valence-corrected chi connectivity index (χ3v) is 4.65. The van der Waals surface area contributed by atoms with Crippen LogP contribution in [0.15, 0.2) is 24.3 Å². The summed E-state index contributed by atoms with van der Waals surface area (Å²) in [5, 5.41) is 3.70. The smallest absolute Gasteiger partial charge is 0.0208 e. The minimum atomic E-state index is 0.747. The number of halogens is 1. The van der Waals surface area contributed by atoms with Crippen molar-refractivity contribution in [3.63, 3.8) is 0 Å². The quantitative estimate of drug-likeness (QED) is 0.802. The normalized spacial score (nSPS) is 24.8. The zero-order chi connectivity index (χ0) is 12.1. The summed E-state index contributed by atoms with van der Waals surface area (Å²) in [5.74, 6) is 0.992. The first-order valence-corrected chi connectivity index (χ1v) is 7.83. The van der Waals surface area contributed by atoms with E-state index in [1.807, 2.05) is 0 Å². The van der Waals surface area contributed by atoms with Gasteiger partial charge in [-0.15, -0.1) is 0 Å². The van der Waals surface area contributed by atoms with Crippen LogP contribution in [0.25, 0.3) is 0 Å². The molecule has 0 unspecified atom stereocenters. The Morgan fingerprint density at radius 1 is 1.12 bits per heavy atom. The van der Waals surface area contributed by atoms with Crippen molar-refractivity contribution in [2.24, 2.45) is 5.92 Å². The predicted octanol–water partition coefficient (Wildman–Crippen LogP) is 4.35. The maximum Gasteiger partial charge on any atom is 0.0208 e. The van der Waals surface area contributed by atoms with Crippen molar-refractivity contribution >= 4 is 22.6 Å². The SMILES string of the molecule is CCC1CCC(NCc2ccc(I)cc2)CC1. The molecule has 1 aromatic carbocycles. The zero-order valence-corrected chi connectivity index (χ0v) is 12.7. The number of hydrogen-bond acceptors (Lipinski definition) is 1. The van der Waals surface area contributed by atoms with Crippen LogP contribution < -0.4 is 5.32 Å². The van der Waals surface area contributed by atoms with Gasteiger partial charge < -0.3 is 5.32 Å². The Bertz CT molecular complexity index is 325. The van der Waals surface area contributed by atoms with Gasteiger partial charge in [0.25, 0.3) is 0 Å². The van der Waals surface area contributed by atoms with E-state index >= 15 is 0 Å². The molecule has 1 nitrogen and oxygen atoms in total. The molecule has 1 aliphatic carbocycles. The molecule has 1 N–H and O–H groups in total. The molecule has 1 aromatic rings. The lowest BCUT2D eigenvalue weighted by Crippen LogP contribution is -2.32. The summed E-state index contributed by atoms with van der Waals surface area (Å²) in [6.45, 7) is 3.35. The summed E-state index contributed by atoms with van der Waals surface area (Å²) in [7, 11) is 0. The molecular formula is C15H22IN. The monoisotopic (exact) mass is 343 g/mol. The standard InChI is InChI=1S/C15H22IN/c1-2-12-5-9-15(10-6-12)17-11-13-3-7-14(16)8-4-13/h3-4,7-8,12,15,17H,2,5-6,9-11H2,1H3. The van der Waals surface area contributed by atoms with Gasteiger partial charge in [-0.3, -0.25) is 0 Å². The highest BCUT2D eigenvalue weighted by atomic mass is 127. The predicted molar refractivity (Wildman–Crippen MR) is 82.0 cm³/mol. The molecule has 17 heavy (non-hydrogen) atoms. The first kappa shape index (κ1) is 13.3. The third kappa shape index (κ3) is 4.25. The minimum absolute atomic E-state index is 0.747. The largest absolute Gasteiger partial charge is 0.310 e. The Labute approximate surface area is 119 Å². The Kier molecular flexibility index (Phi) is 5.29. The van der Waals surface area contributed by atoms with Gasteiger partial charge in [-0.2, -0.15) is 0 Å². The van der Waals surface area contributed by atoms with Crippen molar-refractivity contribution in [2.45, 2.75) is 51.6 Å². The molecule has 0 bridgehead atoms. The van der Waals surface area contributed by atoms with Gasteiger partial charge in [-0.05, 0) is 71.9 Å². The second-order valence-electron chi connectivity index (χ2n) is 5.13. The van der Waals surface area contributed by atoms with E-state index in [2.05, 4.69) is 59.1 Å². The van der Waals surface area contributed by atoms with Crippen LogP contribution >= 0.6 is 22.6 Å². The molecular weight excluding hydrogens is 321 g/mol. The highest BCUT2D eigenvalue weighted by Crippen LogP contribution is 2.26. The average Bonchev–Trinajstić information content (AvgIpc) is 2.39. The van der Waals surface area contributed by atoms with Crippen LogP contribution in [-0.2, 0) is 6.54 Å². The first-order valence-electron chi connectivity index (χ1n) is 6.75. The van der Waals surface area contributed by atoms with E-state index in [9.17, 15) is 0 Å². The maximum atomic E-state index is 3.70. The van der Waals surface area contributed by atoms with E-state index in [1.165, 1.54) is 41.2 Å². The Morgan fingerprint density at radius 3 is 2.35 bits per heavy atom. The molecule has 0 aromatic heterocycles. The summed E-state index contributed by atoms with van der Waals surface area (Å²) in [6, 6.07) is 9.58. The number of benzene rings is 1. The van der Waals surface area contributed by atoms with Gasteiger partial charge in [0.15, 0.2) is 0 Å². The van der Waals surface area contributed by atoms with Crippen LogP contribution in [0.1, 0.15) is 44.6 Å². The summed E-state index contributed by atoms with van der Waals surface area (Å²) < 4.78 is 1.31. The Morgan fingerprint density at radius 2 is 1.76 bits per heavy atom. The van der Waals surface area contributed by atoms with Gasteiger partial charge in [0.05, 0.1) is 0 Å². The lowest BCUT2D eigenvalue weighted by molar-refractivity contribution is 0.285. The maximum absolute atomic E-state index is 3.70. The molecule has 1 aliphatic rings. The number of rotatable bonds is 4. The number of hydrogen-bond donors (Lipinski definition) is 1. The van der Waals surface area contributed by atoms with Crippen molar-refractivity contribution in [1.29, 1.82) is 0 Å². The fraction of sp³-hybridized carbons (Fsp3) is 0.600. The van der Waals surface area contributed by atoms with Crippen LogP contribution in [0.3, 0.4) is 0 Å². The minimum Gasteiger partial charge on any atom is -0.310 e. The second kappa shape index (κ2) is 6.74. The van der Waals surface area contributed by atoms with E-state index in [0.29, 0.717) is 0 Å². The van der Waals surface area contributed by atoms with Gasteiger partial charge in [0.2, 0.25) is 0 Å². The highest BCUT2D eigenvalue weighted by Gasteiger charge is 2.19.